The molecule has 0 saturated carbocycles. The monoisotopic (exact) mass is 390 g/mol. The fraction of sp³-hybridized carbons (Fsp3) is 0.350. The number of nitrogens with one attached hydrogen (secondary N) is 2. The fourth-order valence-corrected chi connectivity index (χ4v) is 3.75. The molecular weight excluding hydrogens is 364 g/mol. The van der Waals surface area contributed by atoms with Crippen LogP contribution in [0.3, 0.4) is 0 Å². The summed E-state index contributed by atoms with van der Waals surface area (Å²) in [5, 5.41) is 2.93. The molecule has 1 amide bonds. The maximum absolute atomic E-state index is 12.6. The van der Waals surface area contributed by atoms with Crippen LogP contribution in [0.25, 0.3) is 0 Å². The van der Waals surface area contributed by atoms with Crippen molar-refractivity contribution in [2.24, 2.45) is 0 Å². The summed E-state index contributed by atoms with van der Waals surface area (Å²) in [6.45, 7) is 6.17. The van der Waals surface area contributed by atoms with Crippen molar-refractivity contribution in [1.29, 1.82) is 0 Å². The summed E-state index contributed by atoms with van der Waals surface area (Å²) in [7, 11) is -3.40. The van der Waals surface area contributed by atoms with E-state index in [9.17, 15) is 13.2 Å². The molecule has 0 fully saturated rings. The number of amides is 1. The third-order valence-corrected chi connectivity index (χ3v) is 5.38. The molecule has 0 radical (unpaired) electrons. The average Bonchev–Trinajstić information content (AvgIpc) is 2.62. The van der Waals surface area contributed by atoms with Gasteiger partial charge in [0, 0.05) is 11.3 Å². The van der Waals surface area contributed by atoms with Gasteiger partial charge in [-0.1, -0.05) is 25.1 Å². The molecule has 2 N–H and O–H groups in total. The number of carbonyl (C=O) groups is 1. The number of sulfonamides is 1. The van der Waals surface area contributed by atoms with Crippen molar-refractivity contribution < 1.29 is 17.9 Å². The summed E-state index contributed by atoms with van der Waals surface area (Å²) >= 11 is 0. The Kier molecular flexibility index (Phi) is 7.24. The minimum atomic E-state index is -3.40. The highest BCUT2D eigenvalue weighted by atomic mass is 32.2. The number of rotatable bonds is 9. The first kappa shape index (κ1) is 20.8. The van der Waals surface area contributed by atoms with Crippen molar-refractivity contribution in [3.05, 3.63) is 59.7 Å². The Labute approximate surface area is 161 Å². The van der Waals surface area contributed by atoms with Crippen molar-refractivity contribution in [3.63, 3.8) is 0 Å². The maximum Gasteiger partial charge on any atom is 0.251 e. The predicted molar refractivity (Wildman–Crippen MR) is 108 cm³/mol. The zero-order chi connectivity index (χ0) is 19.9. The van der Waals surface area contributed by atoms with Gasteiger partial charge in [0.1, 0.15) is 5.75 Å². The van der Waals surface area contributed by atoms with E-state index in [2.05, 4.69) is 10.0 Å². The molecule has 6 nitrogen and oxygen atoms in total. The molecule has 2 rings (SSSR count). The van der Waals surface area contributed by atoms with Crippen molar-refractivity contribution >= 4 is 21.6 Å². The minimum absolute atomic E-state index is 0.0383. The van der Waals surface area contributed by atoms with Gasteiger partial charge in [0.15, 0.2) is 0 Å². The van der Waals surface area contributed by atoms with Gasteiger partial charge < -0.3 is 10.1 Å². The molecule has 27 heavy (non-hydrogen) atoms. The highest BCUT2D eigenvalue weighted by Gasteiger charge is 2.14. The number of ether oxygens (including phenoxy) is 1. The van der Waals surface area contributed by atoms with Crippen LogP contribution in [-0.4, -0.2) is 26.7 Å². The third-order valence-electron chi connectivity index (χ3n) is 3.89. The molecule has 0 aliphatic rings. The number of hydrogen-bond donors (Lipinski definition) is 2. The van der Waals surface area contributed by atoms with E-state index < -0.39 is 10.0 Å². The second-order valence-electron chi connectivity index (χ2n) is 6.20. The van der Waals surface area contributed by atoms with Crippen LogP contribution < -0.4 is 14.8 Å². The van der Waals surface area contributed by atoms with Gasteiger partial charge in [0.05, 0.1) is 18.4 Å². The van der Waals surface area contributed by atoms with Crippen LogP contribution >= 0.6 is 0 Å². The number of anilines is 1. The first-order valence-electron chi connectivity index (χ1n) is 8.98. The van der Waals surface area contributed by atoms with Crippen molar-refractivity contribution in [3.8, 4) is 5.75 Å². The van der Waals surface area contributed by atoms with E-state index in [0.717, 1.165) is 11.3 Å². The molecule has 0 aromatic heterocycles. The minimum Gasteiger partial charge on any atom is -0.494 e. The van der Waals surface area contributed by atoms with E-state index >= 15 is 0 Å². The highest BCUT2D eigenvalue weighted by Crippen LogP contribution is 2.20. The van der Waals surface area contributed by atoms with Gasteiger partial charge in [-0.15, -0.1) is 0 Å². The summed E-state index contributed by atoms with van der Waals surface area (Å²) in [5.41, 5.74) is 1.69. The zero-order valence-corrected chi connectivity index (χ0v) is 16.7. The zero-order valence-electron chi connectivity index (χ0n) is 15.9. The summed E-state index contributed by atoms with van der Waals surface area (Å²) in [4.78, 5) is 12.6. The first-order valence-corrected chi connectivity index (χ1v) is 10.6. The third kappa shape index (κ3) is 6.29. The summed E-state index contributed by atoms with van der Waals surface area (Å²) in [5.74, 6) is 0.515. The van der Waals surface area contributed by atoms with Gasteiger partial charge >= 0.3 is 0 Å². The lowest BCUT2D eigenvalue weighted by molar-refractivity contribution is 0.0940. The Morgan fingerprint density at radius 3 is 2.56 bits per heavy atom. The van der Waals surface area contributed by atoms with Crippen molar-refractivity contribution in [2.75, 3.05) is 17.1 Å². The molecule has 1 unspecified atom stereocenters. The van der Waals surface area contributed by atoms with Gasteiger partial charge in [-0.25, -0.2) is 8.42 Å². The Morgan fingerprint density at radius 1 is 1.11 bits per heavy atom. The van der Waals surface area contributed by atoms with Crippen LogP contribution in [-0.2, 0) is 10.0 Å². The van der Waals surface area contributed by atoms with Gasteiger partial charge in [-0.3, -0.25) is 9.52 Å². The average molecular weight is 391 g/mol. The smallest absolute Gasteiger partial charge is 0.251 e. The lowest BCUT2D eigenvalue weighted by Crippen LogP contribution is -2.26. The highest BCUT2D eigenvalue weighted by molar-refractivity contribution is 7.92. The van der Waals surface area contributed by atoms with Gasteiger partial charge in [-0.2, -0.15) is 0 Å². The largest absolute Gasteiger partial charge is 0.494 e. The molecule has 0 saturated heterocycles. The number of hydrogen-bond acceptors (Lipinski definition) is 4. The van der Waals surface area contributed by atoms with Crippen LogP contribution in [0, 0.1) is 0 Å². The van der Waals surface area contributed by atoms with Crippen molar-refractivity contribution in [2.45, 2.75) is 33.2 Å². The Morgan fingerprint density at radius 2 is 1.85 bits per heavy atom. The van der Waals surface area contributed by atoms with E-state index in [1.807, 2.05) is 38.1 Å². The summed E-state index contributed by atoms with van der Waals surface area (Å²) in [6, 6.07) is 13.8. The Hall–Kier alpha value is -2.54. The van der Waals surface area contributed by atoms with Crippen LogP contribution in [0.5, 0.6) is 5.75 Å². The maximum atomic E-state index is 12.6. The topological polar surface area (TPSA) is 84.5 Å². The van der Waals surface area contributed by atoms with Crippen LogP contribution in [0.15, 0.2) is 48.5 Å². The summed E-state index contributed by atoms with van der Waals surface area (Å²) < 4.78 is 31.8. The second kappa shape index (κ2) is 9.41. The number of carbonyl (C=O) groups excluding carboxylic acids is 1. The van der Waals surface area contributed by atoms with Gasteiger partial charge in [0.25, 0.3) is 5.91 Å². The molecule has 2 aromatic carbocycles. The van der Waals surface area contributed by atoms with Crippen molar-refractivity contribution in [1.82, 2.24) is 5.32 Å². The second-order valence-corrected chi connectivity index (χ2v) is 8.04. The molecule has 7 heteroatoms. The van der Waals surface area contributed by atoms with Gasteiger partial charge in [0.2, 0.25) is 10.0 Å². The van der Waals surface area contributed by atoms with Gasteiger partial charge in [-0.05, 0) is 56.2 Å². The van der Waals surface area contributed by atoms with E-state index in [1.54, 1.807) is 25.1 Å². The number of benzene rings is 2. The lowest BCUT2D eigenvalue weighted by Gasteiger charge is -2.16. The molecule has 2 aromatic rings. The van der Waals surface area contributed by atoms with E-state index in [0.29, 0.717) is 24.3 Å². The van der Waals surface area contributed by atoms with E-state index in [4.69, 9.17) is 4.74 Å². The Balaban J connectivity index is 2.09. The molecule has 0 bridgehead atoms. The first-order chi connectivity index (χ1) is 12.8. The molecule has 0 spiro atoms. The normalized spacial score (nSPS) is 12.3. The molecule has 1 atom stereocenters. The molecule has 0 aliphatic carbocycles. The lowest BCUT2D eigenvalue weighted by atomic mass is 10.1. The van der Waals surface area contributed by atoms with E-state index in [1.165, 1.54) is 6.07 Å². The standard InChI is InChI=1S/C20H26N2O4S/c1-4-12-27(24,25)22-18-10-6-9-17(13-18)20(23)21-15(3)16-8-7-11-19(14-16)26-5-2/h6-11,13-15,22H,4-5,12H2,1-3H3,(H,21,23). The Bertz CT molecular complexity index is 881. The molecular formula is C20H26N2O4S. The van der Waals surface area contributed by atoms with Crippen LogP contribution in [0.1, 0.15) is 49.2 Å². The SMILES string of the molecule is CCCS(=O)(=O)Nc1cccc(C(=O)NC(C)c2cccc(OCC)c2)c1. The van der Waals surface area contributed by atoms with Crippen LogP contribution in [0.4, 0.5) is 5.69 Å². The summed E-state index contributed by atoms with van der Waals surface area (Å²) in [6.07, 6.45) is 0.522. The molecule has 0 aliphatic heterocycles. The van der Waals surface area contributed by atoms with E-state index in [-0.39, 0.29) is 17.7 Å². The fourth-order valence-electron chi connectivity index (χ4n) is 2.63. The van der Waals surface area contributed by atoms with Crippen LogP contribution in [0.2, 0.25) is 0 Å². The molecule has 0 heterocycles. The molecule has 146 valence electrons. The quantitative estimate of drug-likeness (QED) is 0.683. The predicted octanol–water partition coefficient (Wildman–Crippen LogP) is 3.73.